The molecule has 2 aliphatic heterocycles. The second kappa shape index (κ2) is 6.74. The van der Waals surface area contributed by atoms with E-state index in [4.69, 9.17) is 21.1 Å². The molecule has 2 heterocycles. The van der Waals surface area contributed by atoms with Crippen molar-refractivity contribution in [3.8, 4) is 5.75 Å². The molecule has 1 atom stereocenters. The van der Waals surface area contributed by atoms with E-state index in [1.54, 1.807) is 18.1 Å². The van der Waals surface area contributed by atoms with E-state index in [9.17, 15) is 9.59 Å². The standard InChI is InChI=1S/C21H18ClNO4/c1-12-6-7-14(9-17(12)22)23-18-11-27-21(25)20(18)16(10-19(23)24)13-4-3-5-15(8-13)26-2/h3-9,16H,10-11H2,1-2H3/t16-/m0/s1. The van der Waals surface area contributed by atoms with Crippen LogP contribution in [0.5, 0.6) is 5.75 Å². The lowest BCUT2D eigenvalue weighted by molar-refractivity contribution is -0.136. The molecular formula is C21H18ClNO4. The predicted octanol–water partition coefficient (Wildman–Crippen LogP) is 3.99. The van der Waals surface area contributed by atoms with Crippen LogP contribution in [-0.2, 0) is 14.3 Å². The SMILES string of the molecule is COc1cccc([C@@H]2CC(=O)N(c3ccc(C)c(Cl)c3)C3=C2C(=O)OC3)c1. The fraction of sp³-hybridized carbons (Fsp3) is 0.238. The maximum absolute atomic E-state index is 13.0. The highest BCUT2D eigenvalue weighted by Crippen LogP contribution is 2.42. The third kappa shape index (κ3) is 2.98. The van der Waals surface area contributed by atoms with E-state index in [2.05, 4.69) is 0 Å². The summed E-state index contributed by atoms with van der Waals surface area (Å²) in [6.45, 7) is 1.97. The summed E-state index contributed by atoms with van der Waals surface area (Å²) >= 11 is 6.24. The summed E-state index contributed by atoms with van der Waals surface area (Å²) in [5.41, 5.74) is 3.54. The van der Waals surface area contributed by atoms with E-state index in [1.165, 1.54) is 0 Å². The zero-order chi connectivity index (χ0) is 19.1. The summed E-state index contributed by atoms with van der Waals surface area (Å²) in [6.07, 6.45) is 0.173. The number of hydrogen-bond donors (Lipinski definition) is 0. The third-order valence-corrected chi connectivity index (χ3v) is 5.43. The van der Waals surface area contributed by atoms with Crippen LogP contribution < -0.4 is 9.64 Å². The molecule has 0 unspecified atom stereocenters. The van der Waals surface area contributed by atoms with Gasteiger partial charge in [-0.3, -0.25) is 9.69 Å². The van der Waals surface area contributed by atoms with Gasteiger partial charge in [0.25, 0.3) is 0 Å². The first-order chi connectivity index (χ1) is 13.0. The fourth-order valence-electron chi connectivity index (χ4n) is 3.62. The minimum absolute atomic E-state index is 0.0753. The van der Waals surface area contributed by atoms with Crippen molar-refractivity contribution in [1.29, 1.82) is 0 Å². The fourth-order valence-corrected chi connectivity index (χ4v) is 3.79. The minimum atomic E-state index is -0.381. The molecule has 0 fully saturated rings. The van der Waals surface area contributed by atoms with Gasteiger partial charge in [0, 0.05) is 17.4 Å². The second-order valence-electron chi connectivity index (χ2n) is 6.63. The van der Waals surface area contributed by atoms with Gasteiger partial charge in [0.1, 0.15) is 12.4 Å². The molecule has 0 bridgehead atoms. The van der Waals surface area contributed by atoms with Crippen molar-refractivity contribution in [3.63, 3.8) is 0 Å². The van der Waals surface area contributed by atoms with E-state index < -0.39 is 0 Å². The van der Waals surface area contributed by atoms with Gasteiger partial charge in [-0.1, -0.05) is 29.8 Å². The van der Waals surface area contributed by atoms with Gasteiger partial charge in [-0.2, -0.15) is 0 Å². The summed E-state index contributed by atoms with van der Waals surface area (Å²) in [6, 6.07) is 12.9. The second-order valence-corrected chi connectivity index (χ2v) is 7.04. The molecule has 138 valence electrons. The molecule has 0 N–H and O–H groups in total. The number of anilines is 1. The minimum Gasteiger partial charge on any atom is -0.497 e. The Bertz CT molecular complexity index is 982. The van der Waals surface area contributed by atoms with Crippen LogP contribution in [0.4, 0.5) is 5.69 Å². The van der Waals surface area contributed by atoms with Gasteiger partial charge >= 0.3 is 5.97 Å². The quantitative estimate of drug-likeness (QED) is 0.752. The van der Waals surface area contributed by atoms with Crippen LogP contribution in [0.25, 0.3) is 0 Å². The molecule has 0 saturated carbocycles. The number of methoxy groups -OCH3 is 1. The number of benzene rings is 2. The number of ether oxygens (including phenoxy) is 2. The number of amides is 1. The summed E-state index contributed by atoms with van der Waals surface area (Å²) in [5.74, 6) is -0.149. The average Bonchev–Trinajstić information content (AvgIpc) is 3.05. The Labute approximate surface area is 162 Å². The van der Waals surface area contributed by atoms with Crippen molar-refractivity contribution in [2.45, 2.75) is 19.3 Å². The molecular weight excluding hydrogens is 366 g/mol. The molecule has 1 amide bonds. The van der Waals surface area contributed by atoms with Gasteiger partial charge in [0.05, 0.1) is 24.1 Å². The number of cyclic esters (lactones) is 1. The predicted molar refractivity (Wildman–Crippen MR) is 102 cm³/mol. The topological polar surface area (TPSA) is 55.8 Å². The lowest BCUT2D eigenvalue weighted by Gasteiger charge is -2.32. The Kier molecular flexibility index (Phi) is 4.40. The molecule has 2 aromatic carbocycles. The smallest absolute Gasteiger partial charge is 0.336 e. The Morgan fingerprint density at radius 2 is 2.00 bits per heavy atom. The maximum Gasteiger partial charge on any atom is 0.336 e. The Balaban J connectivity index is 1.82. The first-order valence-corrected chi connectivity index (χ1v) is 9.00. The number of esters is 1. The van der Waals surface area contributed by atoms with Crippen LogP contribution in [0, 0.1) is 6.92 Å². The van der Waals surface area contributed by atoms with Gasteiger partial charge in [-0.25, -0.2) is 4.79 Å². The summed E-state index contributed by atoms with van der Waals surface area (Å²) in [5, 5.41) is 0.572. The highest BCUT2D eigenvalue weighted by atomic mass is 35.5. The summed E-state index contributed by atoms with van der Waals surface area (Å²) in [7, 11) is 1.59. The molecule has 0 saturated heterocycles. The van der Waals surface area contributed by atoms with Crippen LogP contribution >= 0.6 is 11.6 Å². The number of nitrogens with zero attached hydrogens (tertiary/aromatic N) is 1. The number of hydrogen-bond acceptors (Lipinski definition) is 4. The first kappa shape index (κ1) is 17.6. The van der Waals surface area contributed by atoms with E-state index >= 15 is 0 Å². The van der Waals surface area contributed by atoms with Crippen molar-refractivity contribution >= 4 is 29.2 Å². The molecule has 0 radical (unpaired) electrons. The largest absolute Gasteiger partial charge is 0.497 e. The zero-order valence-corrected chi connectivity index (χ0v) is 15.7. The van der Waals surface area contributed by atoms with Crippen LogP contribution in [0.1, 0.15) is 23.5 Å². The molecule has 6 heteroatoms. The molecule has 4 rings (SSSR count). The molecule has 27 heavy (non-hydrogen) atoms. The number of carbonyl (C=O) groups excluding carboxylic acids is 2. The molecule has 0 aromatic heterocycles. The number of aryl methyl sites for hydroxylation is 1. The zero-order valence-electron chi connectivity index (χ0n) is 15.0. The molecule has 2 aliphatic rings. The summed E-state index contributed by atoms with van der Waals surface area (Å²) in [4.78, 5) is 27.1. The number of rotatable bonds is 3. The molecule has 2 aromatic rings. The highest BCUT2D eigenvalue weighted by Gasteiger charge is 2.43. The van der Waals surface area contributed by atoms with Crippen LogP contribution in [0.15, 0.2) is 53.7 Å². The van der Waals surface area contributed by atoms with Crippen molar-refractivity contribution in [1.82, 2.24) is 0 Å². The Morgan fingerprint density at radius 3 is 2.74 bits per heavy atom. The first-order valence-electron chi connectivity index (χ1n) is 8.63. The Hall–Kier alpha value is -2.79. The van der Waals surface area contributed by atoms with Gasteiger partial charge < -0.3 is 9.47 Å². The molecule has 5 nitrogen and oxygen atoms in total. The average molecular weight is 384 g/mol. The Morgan fingerprint density at radius 1 is 1.19 bits per heavy atom. The van der Waals surface area contributed by atoms with Crippen molar-refractivity contribution in [2.75, 3.05) is 18.6 Å². The van der Waals surface area contributed by atoms with Crippen LogP contribution in [-0.4, -0.2) is 25.6 Å². The number of carbonyl (C=O) groups is 2. The molecule has 0 spiro atoms. The maximum atomic E-state index is 13.0. The van der Waals surface area contributed by atoms with E-state index in [1.807, 2.05) is 43.3 Å². The van der Waals surface area contributed by atoms with Gasteiger partial charge in [0.2, 0.25) is 5.91 Å². The van der Waals surface area contributed by atoms with Crippen LogP contribution in [0.3, 0.4) is 0 Å². The monoisotopic (exact) mass is 383 g/mol. The van der Waals surface area contributed by atoms with Gasteiger partial charge in [0.15, 0.2) is 0 Å². The van der Waals surface area contributed by atoms with Crippen molar-refractivity contribution in [3.05, 3.63) is 69.9 Å². The normalized spacial score (nSPS) is 19.2. The lowest BCUT2D eigenvalue weighted by atomic mass is 9.84. The van der Waals surface area contributed by atoms with E-state index in [-0.39, 0.29) is 30.8 Å². The van der Waals surface area contributed by atoms with Crippen molar-refractivity contribution in [2.24, 2.45) is 0 Å². The molecule has 0 aliphatic carbocycles. The summed E-state index contributed by atoms with van der Waals surface area (Å²) < 4.78 is 10.6. The van der Waals surface area contributed by atoms with E-state index in [0.29, 0.717) is 27.7 Å². The van der Waals surface area contributed by atoms with Crippen molar-refractivity contribution < 1.29 is 19.1 Å². The third-order valence-electron chi connectivity index (χ3n) is 5.03. The van der Waals surface area contributed by atoms with Gasteiger partial charge in [-0.05, 0) is 42.3 Å². The van der Waals surface area contributed by atoms with Gasteiger partial charge in [-0.15, -0.1) is 0 Å². The number of halogens is 1. The van der Waals surface area contributed by atoms with Crippen LogP contribution in [0.2, 0.25) is 5.02 Å². The van der Waals surface area contributed by atoms with E-state index in [0.717, 1.165) is 11.1 Å². The lowest BCUT2D eigenvalue weighted by Crippen LogP contribution is -2.37. The highest BCUT2D eigenvalue weighted by molar-refractivity contribution is 6.31.